The maximum absolute atomic E-state index is 12.1. The van der Waals surface area contributed by atoms with Gasteiger partial charge in [0.05, 0.1) is 19.3 Å². The summed E-state index contributed by atoms with van der Waals surface area (Å²) in [6.45, 7) is 0.959. The van der Waals surface area contributed by atoms with E-state index in [0.717, 1.165) is 24.9 Å². The lowest BCUT2D eigenvalue weighted by atomic mass is 9.94. The van der Waals surface area contributed by atoms with Gasteiger partial charge in [0.2, 0.25) is 5.91 Å². The highest BCUT2D eigenvalue weighted by Crippen LogP contribution is 2.28. The second-order valence-electron chi connectivity index (χ2n) is 6.40. The first-order valence-electron chi connectivity index (χ1n) is 8.41. The first-order chi connectivity index (χ1) is 12.1. The smallest absolute Gasteiger partial charge is 0.298 e. The molecule has 136 valence electrons. The maximum Gasteiger partial charge on any atom is 0.298 e. The van der Waals surface area contributed by atoms with Crippen molar-refractivity contribution < 1.29 is 19.4 Å². The molecule has 7 nitrogen and oxygen atoms in total. The minimum Gasteiger partial charge on any atom is -0.423 e. The Morgan fingerprint density at radius 3 is 3.00 bits per heavy atom. The number of carbonyl (C=O) groups is 1. The number of piperidine rings is 1. The van der Waals surface area contributed by atoms with Gasteiger partial charge in [-0.2, -0.15) is 4.98 Å². The Morgan fingerprint density at radius 1 is 1.44 bits per heavy atom. The Hall–Kier alpha value is -1.83. The summed E-state index contributed by atoms with van der Waals surface area (Å²) in [6, 6.07) is 5.29. The third-order valence-electron chi connectivity index (χ3n) is 4.41. The summed E-state index contributed by atoms with van der Waals surface area (Å²) >= 11 is 5.98. The molecule has 1 aromatic carbocycles. The number of hydrogen-bond donors (Lipinski definition) is 3. The van der Waals surface area contributed by atoms with Crippen LogP contribution in [0.1, 0.15) is 19.3 Å². The van der Waals surface area contributed by atoms with E-state index in [0.29, 0.717) is 29.6 Å². The number of benzene rings is 1. The highest BCUT2D eigenvalue weighted by atomic mass is 35.5. The standard InChI is InChI=1S/C17H22ClN3O4/c18-12-3-4-14-15(7-12)25-17(20-14)21-5-1-2-11(8-21)6-16(24)19-13(9-22)10-23/h3-4,7,11,13,22-23H,1-2,5-6,8-10H2,(H,19,24). The molecular formula is C17H22ClN3O4. The molecule has 0 bridgehead atoms. The van der Waals surface area contributed by atoms with Gasteiger partial charge in [-0.25, -0.2) is 0 Å². The molecule has 1 fully saturated rings. The third kappa shape index (κ3) is 4.42. The zero-order valence-electron chi connectivity index (χ0n) is 13.8. The average molecular weight is 368 g/mol. The molecule has 1 saturated heterocycles. The molecule has 1 aliphatic rings. The van der Waals surface area contributed by atoms with E-state index in [4.69, 9.17) is 26.2 Å². The van der Waals surface area contributed by atoms with E-state index in [-0.39, 0.29) is 25.0 Å². The summed E-state index contributed by atoms with van der Waals surface area (Å²) in [5, 5.41) is 21.3. The molecule has 1 unspecified atom stereocenters. The van der Waals surface area contributed by atoms with Crippen LogP contribution < -0.4 is 10.2 Å². The Bertz CT molecular complexity index is 732. The molecule has 2 aromatic rings. The van der Waals surface area contributed by atoms with Crippen LogP contribution in [0.15, 0.2) is 22.6 Å². The maximum atomic E-state index is 12.1. The number of aliphatic hydroxyl groups is 2. The summed E-state index contributed by atoms with van der Waals surface area (Å²) in [7, 11) is 0. The van der Waals surface area contributed by atoms with Crippen LogP contribution in [-0.2, 0) is 4.79 Å². The van der Waals surface area contributed by atoms with Gasteiger partial charge in [0.1, 0.15) is 5.52 Å². The monoisotopic (exact) mass is 367 g/mol. The van der Waals surface area contributed by atoms with Crippen molar-refractivity contribution >= 4 is 34.6 Å². The molecule has 25 heavy (non-hydrogen) atoms. The predicted molar refractivity (Wildman–Crippen MR) is 94.7 cm³/mol. The van der Waals surface area contributed by atoms with Gasteiger partial charge in [-0.15, -0.1) is 0 Å². The van der Waals surface area contributed by atoms with Crippen molar-refractivity contribution in [1.29, 1.82) is 0 Å². The minimum atomic E-state index is -0.603. The van der Waals surface area contributed by atoms with Crippen molar-refractivity contribution in [3.05, 3.63) is 23.2 Å². The van der Waals surface area contributed by atoms with Gasteiger partial charge < -0.3 is 24.8 Å². The Kier molecular flexibility index (Phi) is 5.78. The van der Waals surface area contributed by atoms with Crippen LogP contribution in [0.5, 0.6) is 0 Å². The molecule has 3 N–H and O–H groups in total. The number of nitrogens with one attached hydrogen (secondary N) is 1. The van der Waals surface area contributed by atoms with Crippen molar-refractivity contribution in [1.82, 2.24) is 10.3 Å². The SMILES string of the molecule is O=C(CC1CCCN(c2nc3ccc(Cl)cc3o2)C1)NC(CO)CO. The van der Waals surface area contributed by atoms with Crippen molar-refractivity contribution in [2.45, 2.75) is 25.3 Å². The van der Waals surface area contributed by atoms with Crippen molar-refractivity contribution in [3.8, 4) is 0 Å². The number of amides is 1. The highest BCUT2D eigenvalue weighted by Gasteiger charge is 2.26. The summed E-state index contributed by atoms with van der Waals surface area (Å²) in [5.41, 5.74) is 1.41. The third-order valence-corrected chi connectivity index (χ3v) is 4.64. The quantitative estimate of drug-likeness (QED) is 0.716. The normalized spacial score (nSPS) is 18.1. The number of fused-ring (bicyclic) bond motifs is 1. The topological polar surface area (TPSA) is 98.8 Å². The summed E-state index contributed by atoms with van der Waals surface area (Å²) < 4.78 is 5.80. The molecule has 1 atom stereocenters. The average Bonchev–Trinajstić information content (AvgIpc) is 3.03. The van der Waals surface area contributed by atoms with Gasteiger partial charge in [0, 0.05) is 30.6 Å². The second kappa shape index (κ2) is 8.03. The molecule has 3 rings (SSSR count). The van der Waals surface area contributed by atoms with Gasteiger partial charge in [0.15, 0.2) is 5.58 Å². The summed E-state index contributed by atoms with van der Waals surface area (Å²) in [5.74, 6) is 0.00897. The van der Waals surface area contributed by atoms with Crippen LogP contribution in [0.25, 0.3) is 11.1 Å². The lowest BCUT2D eigenvalue weighted by molar-refractivity contribution is -0.123. The molecule has 1 aromatic heterocycles. The summed E-state index contributed by atoms with van der Waals surface area (Å²) in [4.78, 5) is 18.6. The van der Waals surface area contributed by atoms with Crippen LogP contribution in [0, 0.1) is 5.92 Å². The van der Waals surface area contributed by atoms with E-state index in [1.165, 1.54) is 0 Å². The number of halogens is 1. The number of hydrogen-bond acceptors (Lipinski definition) is 6. The predicted octanol–water partition coefficient (Wildman–Crippen LogP) is 1.56. The largest absolute Gasteiger partial charge is 0.423 e. The van der Waals surface area contributed by atoms with Gasteiger partial charge in [-0.3, -0.25) is 4.79 Å². The van der Waals surface area contributed by atoms with Crippen LogP contribution in [-0.4, -0.2) is 53.4 Å². The lowest BCUT2D eigenvalue weighted by Crippen LogP contribution is -2.43. The van der Waals surface area contributed by atoms with E-state index in [1.54, 1.807) is 12.1 Å². The number of aliphatic hydroxyl groups excluding tert-OH is 2. The van der Waals surface area contributed by atoms with E-state index in [9.17, 15) is 4.79 Å². The first-order valence-corrected chi connectivity index (χ1v) is 8.79. The van der Waals surface area contributed by atoms with Gasteiger partial charge in [-0.05, 0) is 30.9 Å². The first kappa shape index (κ1) is 18.0. The molecule has 0 radical (unpaired) electrons. The van der Waals surface area contributed by atoms with E-state index in [1.807, 2.05) is 11.0 Å². The van der Waals surface area contributed by atoms with Crippen LogP contribution in [0.2, 0.25) is 5.02 Å². The molecule has 8 heteroatoms. The Morgan fingerprint density at radius 2 is 2.24 bits per heavy atom. The van der Waals surface area contributed by atoms with E-state index < -0.39 is 6.04 Å². The number of rotatable bonds is 6. The molecule has 1 amide bonds. The number of anilines is 1. The Balaban J connectivity index is 1.63. The fourth-order valence-electron chi connectivity index (χ4n) is 3.12. The number of aromatic nitrogens is 1. The van der Waals surface area contributed by atoms with Gasteiger partial charge in [0.25, 0.3) is 6.01 Å². The van der Waals surface area contributed by atoms with E-state index in [2.05, 4.69) is 10.3 Å². The second-order valence-corrected chi connectivity index (χ2v) is 6.83. The zero-order chi connectivity index (χ0) is 17.8. The summed E-state index contributed by atoms with van der Waals surface area (Å²) in [6.07, 6.45) is 2.23. The number of carbonyl (C=O) groups excluding carboxylic acids is 1. The molecule has 0 spiro atoms. The van der Waals surface area contributed by atoms with Gasteiger partial charge in [-0.1, -0.05) is 11.6 Å². The Labute approximate surface area is 150 Å². The van der Waals surface area contributed by atoms with Crippen molar-refractivity contribution in [3.63, 3.8) is 0 Å². The fraction of sp³-hybridized carbons (Fsp3) is 0.529. The zero-order valence-corrected chi connectivity index (χ0v) is 14.6. The number of oxazole rings is 1. The van der Waals surface area contributed by atoms with Crippen molar-refractivity contribution in [2.75, 3.05) is 31.2 Å². The fourth-order valence-corrected chi connectivity index (χ4v) is 3.29. The van der Waals surface area contributed by atoms with Crippen molar-refractivity contribution in [2.24, 2.45) is 5.92 Å². The van der Waals surface area contributed by atoms with E-state index >= 15 is 0 Å². The van der Waals surface area contributed by atoms with Crippen LogP contribution >= 0.6 is 11.6 Å². The molecule has 1 aliphatic heterocycles. The molecule has 2 heterocycles. The molecular weight excluding hydrogens is 346 g/mol. The van der Waals surface area contributed by atoms with Crippen LogP contribution in [0.3, 0.4) is 0 Å². The minimum absolute atomic E-state index is 0.163. The highest BCUT2D eigenvalue weighted by molar-refractivity contribution is 6.31. The molecule has 0 aliphatic carbocycles. The van der Waals surface area contributed by atoms with Gasteiger partial charge >= 0.3 is 0 Å². The number of nitrogens with zero attached hydrogens (tertiary/aromatic N) is 2. The lowest BCUT2D eigenvalue weighted by Gasteiger charge is -2.31. The molecule has 0 saturated carbocycles. The van der Waals surface area contributed by atoms with Crippen LogP contribution in [0.4, 0.5) is 6.01 Å².